The number of amides is 1. The molecule has 0 radical (unpaired) electrons. The highest BCUT2D eigenvalue weighted by Crippen LogP contribution is 2.16. The summed E-state index contributed by atoms with van der Waals surface area (Å²) in [5, 5.41) is 12.2. The molecule has 2 rings (SSSR count). The van der Waals surface area contributed by atoms with Crippen LogP contribution in [0.25, 0.3) is 0 Å². The molecule has 6 heteroatoms. The third kappa shape index (κ3) is 6.12. The molecular weight excluding hydrogens is 318 g/mol. The average Bonchev–Trinajstić information content (AvgIpc) is 2.67. The zero-order chi connectivity index (χ0) is 17.9. The van der Waals surface area contributed by atoms with Gasteiger partial charge in [0.2, 0.25) is 0 Å². The van der Waals surface area contributed by atoms with Crippen LogP contribution in [0.15, 0.2) is 36.0 Å². The maximum absolute atomic E-state index is 12.3. The highest BCUT2D eigenvalue weighted by molar-refractivity contribution is 5.97. The molecule has 1 saturated heterocycles. The molecular formula is C19H25N3O3. The largest absolute Gasteiger partial charge is 0.494 e. The first-order valence-corrected chi connectivity index (χ1v) is 8.71. The zero-order valence-electron chi connectivity index (χ0n) is 14.7. The second-order valence-electron chi connectivity index (χ2n) is 5.80. The third-order valence-electron chi connectivity index (χ3n) is 3.90. The lowest BCUT2D eigenvalue weighted by atomic mass is 10.2. The molecule has 0 saturated carbocycles. The standard InChI is InChI=1S/C19H25N3O3/c1-2-3-4-11-25-18-7-5-17(6-8-18)21-15-16(14-20)19(23)22-9-12-24-13-10-22/h5-8,15,21H,2-4,9-13H2,1H3/b16-15-. The number of nitrogens with zero attached hydrogens (tertiary/aromatic N) is 2. The van der Waals surface area contributed by atoms with Gasteiger partial charge in [-0.05, 0) is 30.7 Å². The van der Waals surface area contributed by atoms with Gasteiger partial charge in [-0.2, -0.15) is 5.26 Å². The minimum absolute atomic E-state index is 0.0850. The van der Waals surface area contributed by atoms with Crippen molar-refractivity contribution < 1.29 is 14.3 Å². The molecule has 1 aliphatic heterocycles. The maximum Gasteiger partial charge on any atom is 0.266 e. The highest BCUT2D eigenvalue weighted by atomic mass is 16.5. The minimum Gasteiger partial charge on any atom is -0.494 e. The first kappa shape index (κ1) is 18.8. The van der Waals surface area contributed by atoms with E-state index in [1.165, 1.54) is 19.0 Å². The van der Waals surface area contributed by atoms with E-state index in [1.54, 1.807) is 4.90 Å². The summed E-state index contributed by atoms with van der Waals surface area (Å²) in [5.41, 5.74) is 0.880. The topological polar surface area (TPSA) is 74.6 Å². The van der Waals surface area contributed by atoms with E-state index in [4.69, 9.17) is 9.47 Å². The summed E-state index contributed by atoms with van der Waals surface area (Å²) >= 11 is 0. The van der Waals surface area contributed by atoms with E-state index in [1.807, 2.05) is 30.3 Å². The average molecular weight is 343 g/mol. The molecule has 1 aliphatic rings. The number of carbonyl (C=O) groups is 1. The van der Waals surface area contributed by atoms with Crippen molar-refractivity contribution in [2.45, 2.75) is 26.2 Å². The molecule has 1 N–H and O–H groups in total. The lowest BCUT2D eigenvalue weighted by Crippen LogP contribution is -2.41. The molecule has 1 amide bonds. The van der Waals surface area contributed by atoms with Crippen LogP contribution in [0.2, 0.25) is 0 Å². The second kappa shape index (κ2) is 10.4. The molecule has 1 fully saturated rings. The summed E-state index contributed by atoms with van der Waals surface area (Å²) in [6.45, 7) is 4.93. The molecule has 1 aromatic rings. The van der Waals surface area contributed by atoms with Crippen LogP contribution >= 0.6 is 0 Å². The Morgan fingerprint density at radius 1 is 1.32 bits per heavy atom. The van der Waals surface area contributed by atoms with Gasteiger partial charge in [0, 0.05) is 25.0 Å². The molecule has 0 aromatic heterocycles. The summed E-state index contributed by atoms with van der Waals surface area (Å²) in [5.74, 6) is 0.546. The van der Waals surface area contributed by atoms with E-state index in [-0.39, 0.29) is 11.5 Å². The van der Waals surface area contributed by atoms with Crippen LogP contribution in [-0.4, -0.2) is 43.7 Å². The van der Waals surface area contributed by atoms with Crippen LogP contribution in [0.1, 0.15) is 26.2 Å². The Bertz CT molecular complexity index is 614. The number of ether oxygens (including phenoxy) is 2. The number of rotatable bonds is 8. The number of morpholine rings is 1. The first-order chi connectivity index (χ1) is 12.2. The molecule has 1 heterocycles. The number of nitrogens with one attached hydrogen (secondary N) is 1. The van der Waals surface area contributed by atoms with Crippen molar-refractivity contribution in [2.75, 3.05) is 38.2 Å². The van der Waals surface area contributed by atoms with Crippen molar-refractivity contribution in [2.24, 2.45) is 0 Å². The number of hydrogen-bond acceptors (Lipinski definition) is 5. The van der Waals surface area contributed by atoms with Crippen LogP contribution in [-0.2, 0) is 9.53 Å². The van der Waals surface area contributed by atoms with Crippen LogP contribution in [0.4, 0.5) is 5.69 Å². The number of benzene rings is 1. The zero-order valence-corrected chi connectivity index (χ0v) is 14.7. The van der Waals surface area contributed by atoms with Crippen LogP contribution in [0, 0.1) is 11.3 Å². The van der Waals surface area contributed by atoms with Gasteiger partial charge in [-0.1, -0.05) is 19.8 Å². The molecule has 0 aliphatic carbocycles. The molecule has 0 unspecified atom stereocenters. The number of nitriles is 1. The lowest BCUT2D eigenvalue weighted by molar-refractivity contribution is -0.130. The normalized spacial score (nSPS) is 14.7. The Labute approximate surface area is 149 Å². The maximum atomic E-state index is 12.3. The fourth-order valence-electron chi connectivity index (χ4n) is 2.42. The second-order valence-corrected chi connectivity index (χ2v) is 5.80. The molecule has 134 valence electrons. The number of unbranched alkanes of at least 4 members (excludes halogenated alkanes) is 2. The molecule has 0 bridgehead atoms. The van der Waals surface area contributed by atoms with Crippen molar-refractivity contribution in [3.05, 3.63) is 36.0 Å². The van der Waals surface area contributed by atoms with Crippen LogP contribution < -0.4 is 10.1 Å². The summed E-state index contributed by atoms with van der Waals surface area (Å²) in [4.78, 5) is 13.9. The van der Waals surface area contributed by atoms with Crippen molar-refractivity contribution in [3.63, 3.8) is 0 Å². The Kier molecular flexibility index (Phi) is 7.80. The van der Waals surface area contributed by atoms with Gasteiger partial charge >= 0.3 is 0 Å². The smallest absolute Gasteiger partial charge is 0.266 e. The van der Waals surface area contributed by atoms with Gasteiger partial charge in [0.15, 0.2) is 0 Å². The Hall–Kier alpha value is -2.52. The van der Waals surface area contributed by atoms with Crippen molar-refractivity contribution >= 4 is 11.6 Å². The minimum atomic E-state index is -0.269. The number of anilines is 1. The quantitative estimate of drug-likeness (QED) is 0.446. The Balaban J connectivity index is 1.88. The van der Waals surface area contributed by atoms with Gasteiger partial charge in [-0.3, -0.25) is 4.79 Å². The number of hydrogen-bond donors (Lipinski definition) is 1. The summed E-state index contributed by atoms with van der Waals surface area (Å²) < 4.78 is 10.9. The fraction of sp³-hybridized carbons (Fsp3) is 0.474. The van der Waals surface area contributed by atoms with Gasteiger partial charge in [0.25, 0.3) is 5.91 Å². The van der Waals surface area contributed by atoms with E-state index in [2.05, 4.69) is 12.2 Å². The molecule has 0 atom stereocenters. The van der Waals surface area contributed by atoms with E-state index >= 15 is 0 Å². The lowest BCUT2D eigenvalue weighted by Gasteiger charge is -2.26. The van der Waals surface area contributed by atoms with E-state index in [0.717, 1.165) is 17.9 Å². The van der Waals surface area contributed by atoms with Crippen LogP contribution in [0.5, 0.6) is 5.75 Å². The predicted molar refractivity (Wildman–Crippen MR) is 96.2 cm³/mol. The SMILES string of the molecule is CCCCCOc1ccc(N/C=C(/C#N)C(=O)N2CCOCC2)cc1. The van der Waals surface area contributed by atoms with Crippen molar-refractivity contribution in [1.29, 1.82) is 5.26 Å². The highest BCUT2D eigenvalue weighted by Gasteiger charge is 2.20. The van der Waals surface area contributed by atoms with Crippen LogP contribution in [0.3, 0.4) is 0 Å². The summed E-state index contributed by atoms with van der Waals surface area (Å²) in [6, 6.07) is 9.43. The fourth-order valence-corrected chi connectivity index (χ4v) is 2.42. The monoisotopic (exact) mass is 343 g/mol. The Morgan fingerprint density at radius 2 is 2.04 bits per heavy atom. The predicted octanol–water partition coefficient (Wildman–Crippen LogP) is 2.93. The Morgan fingerprint density at radius 3 is 2.68 bits per heavy atom. The first-order valence-electron chi connectivity index (χ1n) is 8.71. The third-order valence-corrected chi connectivity index (χ3v) is 3.90. The van der Waals surface area contributed by atoms with E-state index in [9.17, 15) is 10.1 Å². The van der Waals surface area contributed by atoms with Crippen molar-refractivity contribution in [3.8, 4) is 11.8 Å². The van der Waals surface area contributed by atoms with Gasteiger partial charge in [-0.15, -0.1) is 0 Å². The van der Waals surface area contributed by atoms with E-state index < -0.39 is 0 Å². The van der Waals surface area contributed by atoms with Gasteiger partial charge in [0.1, 0.15) is 17.4 Å². The molecule has 6 nitrogen and oxygen atoms in total. The molecule has 25 heavy (non-hydrogen) atoms. The summed E-state index contributed by atoms with van der Waals surface area (Å²) in [7, 11) is 0. The van der Waals surface area contributed by atoms with Gasteiger partial charge < -0.3 is 19.7 Å². The summed E-state index contributed by atoms with van der Waals surface area (Å²) in [6.07, 6.45) is 4.84. The molecule has 1 aromatic carbocycles. The van der Waals surface area contributed by atoms with Gasteiger partial charge in [0.05, 0.1) is 19.8 Å². The number of carbonyl (C=O) groups excluding carboxylic acids is 1. The van der Waals surface area contributed by atoms with Crippen molar-refractivity contribution in [1.82, 2.24) is 4.90 Å². The molecule has 0 spiro atoms. The van der Waals surface area contributed by atoms with E-state index in [0.29, 0.717) is 32.9 Å². The van der Waals surface area contributed by atoms with Gasteiger partial charge in [-0.25, -0.2) is 0 Å².